The Kier molecular flexibility index (Phi) is 8.99. The zero-order chi connectivity index (χ0) is 15.8. The molecule has 1 N–H and O–H groups in total. The number of likely N-dealkylation sites (tertiary alicyclic amines) is 1. The van der Waals surface area contributed by atoms with E-state index in [4.69, 9.17) is 9.47 Å². The third-order valence-electron chi connectivity index (χ3n) is 3.92. The summed E-state index contributed by atoms with van der Waals surface area (Å²) < 4.78 is 10.7. The maximum atomic E-state index is 12.7. The molecule has 1 amide bonds. The second kappa shape index (κ2) is 10.5. The highest BCUT2D eigenvalue weighted by molar-refractivity contribution is 5.95. The normalized spacial score (nSPS) is 17.0. The molecule has 0 aliphatic carbocycles. The summed E-state index contributed by atoms with van der Waals surface area (Å²) in [6.45, 7) is 2.96. The predicted molar refractivity (Wildman–Crippen MR) is 93.7 cm³/mol. The molecule has 1 aromatic carbocycles. The summed E-state index contributed by atoms with van der Waals surface area (Å²) in [4.78, 5) is 14.7. The number of benzene rings is 1. The van der Waals surface area contributed by atoms with Crippen molar-refractivity contribution in [2.24, 2.45) is 0 Å². The molecule has 1 aliphatic rings. The van der Waals surface area contributed by atoms with Crippen molar-refractivity contribution in [2.45, 2.75) is 25.3 Å². The minimum Gasteiger partial charge on any atom is -0.493 e. The molecular weight excluding hydrogens is 316 g/mol. The van der Waals surface area contributed by atoms with Gasteiger partial charge in [-0.05, 0) is 38.1 Å². The maximum absolute atomic E-state index is 12.7. The van der Waals surface area contributed by atoms with E-state index in [2.05, 4.69) is 5.32 Å². The molecule has 2 rings (SSSR count). The third-order valence-corrected chi connectivity index (χ3v) is 3.92. The van der Waals surface area contributed by atoms with Crippen LogP contribution >= 0.6 is 12.4 Å². The minimum absolute atomic E-state index is 0. The van der Waals surface area contributed by atoms with E-state index >= 15 is 0 Å². The molecule has 5 nitrogen and oxygen atoms in total. The first kappa shape index (κ1) is 19.7. The van der Waals surface area contributed by atoms with Crippen molar-refractivity contribution in [3.8, 4) is 5.75 Å². The molecule has 1 unspecified atom stereocenters. The van der Waals surface area contributed by atoms with Gasteiger partial charge in [0, 0.05) is 44.8 Å². The van der Waals surface area contributed by atoms with Gasteiger partial charge in [0.05, 0.1) is 6.61 Å². The van der Waals surface area contributed by atoms with Gasteiger partial charge in [-0.15, -0.1) is 12.4 Å². The van der Waals surface area contributed by atoms with Crippen LogP contribution in [-0.4, -0.2) is 57.3 Å². The van der Waals surface area contributed by atoms with Crippen molar-refractivity contribution in [1.29, 1.82) is 0 Å². The summed E-state index contributed by atoms with van der Waals surface area (Å²) >= 11 is 0. The van der Waals surface area contributed by atoms with Crippen molar-refractivity contribution in [3.05, 3.63) is 29.8 Å². The minimum atomic E-state index is 0. The van der Waals surface area contributed by atoms with Crippen LogP contribution in [0, 0.1) is 0 Å². The molecule has 0 bridgehead atoms. The SMILES string of the molecule is CNCC1CCCN1C(=O)c1cccc(OCCCOC)c1.Cl. The fraction of sp³-hybridized carbons (Fsp3) is 0.588. The molecule has 1 aromatic rings. The van der Waals surface area contributed by atoms with Gasteiger partial charge in [0.25, 0.3) is 5.91 Å². The fourth-order valence-corrected chi connectivity index (χ4v) is 2.83. The molecule has 1 heterocycles. The number of nitrogens with zero attached hydrogens (tertiary/aromatic N) is 1. The molecule has 0 saturated carbocycles. The Morgan fingerprint density at radius 3 is 2.96 bits per heavy atom. The lowest BCUT2D eigenvalue weighted by Crippen LogP contribution is -2.40. The second-order valence-corrected chi connectivity index (χ2v) is 5.57. The van der Waals surface area contributed by atoms with Gasteiger partial charge in [-0.1, -0.05) is 6.07 Å². The van der Waals surface area contributed by atoms with Crippen LogP contribution in [0.15, 0.2) is 24.3 Å². The monoisotopic (exact) mass is 342 g/mol. The van der Waals surface area contributed by atoms with Gasteiger partial charge >= 0.3 is 0 Å². The Hall–Kier alpha value is -1.30. The molecule has 1 atom stereocenters. The number of nitrogens with one attached hydrogen (secondary N) is 1. The van der Waals surface area contributed by atoms with E-state index in [1.54, 1.807) is 7.11 Å². The molecule has 0 aromatic heterocycles. The van der Waals surface area contributed by atoms with Crippen LogP contribution in [0.2, 0.25) is 0 Å². The van der Waals surface area contributed by atoms with Gasteiger partial charge in [0.15, 0.2) is 0 Å². The van der Waals surface area contributed by atoms with Crippen molar-refractivity contribution < 1.29 is 14.3 Å². The number of carbonyl (C=O) groups excluding carboxylic acids is 1. The molecule has 130 valence electrons. The van der Waals surface area contributed by atoms with Crippen LogP contribution in [0.4, 0.5) is 0 Å². The van der Waals surface area contributed by atoms with E-state index < -0.39 is 0 Å². The summed E-state index contributed by atoms with van der Waals surface area (Å²) in [5.41, 5.74) is 0.701. The lowest BCUT2D eigenvalue weighted by Gasteiger charge is -2.24. The number of hydrogen-bond acceptors (Lipinski definition) is 4. The third kappa shape index (κ3) is 5.68. The molecule has 1 fully saturated rings. The quantitative estimate of drug-likeness (QED) is 0.737. The number of likely N-dealkylation sites (N-methyl/N-ethyl adjacent to an activating group) is 1. The van der Waals surface area contributed by atoms with Gasteiger partial charge < -0.3 is 19.7 Å². The number of carbonyl (C=O) groups is 1. The molecule has 23 heavy (non-hydrogen) atoms. The van der Waals surface area contributed by atoms with Crippen LogP contribution in [0.3, 0.4) is 0 Å². The van der Waals surface area contributed by atoms with E-state index in [9.17, 15) is 4.79 Å². The second-order valence-electron chi connectivity index (χ2n) is 5.57. The van der Waals surface area contributed by atoms with E-state index in [1.807, 2.05) is 36.2 Å². The lowest BCUT2D eigenvalue weighted by atomic mass is 10.1. The lowest BCUT2D eigenvalue weighted by molar-refractivity contribution is 0.0736. The zero-order valence-electron chi connectivity index (χ0n) is 13.9. The van der Waals surface area contributed by atoms with E-state index in [-0.39, 0.29) is 18.3 Å². The first-order valence-corrected chi connectivity index (χ1v) is 7.93. The van der Waals surface area contributed by atoms with Crippen LogP contribution in [0.25, 0.3) is 0 Å². The van der Waals surface area contributed by atoms with Gasteiger partial charge in [0.1, 0.15) is 5.75 Å². The fourth-order valence-electron chi connectivity index (χ4n) is 2.83. The standard InChI is InChI=1S/C17H26N2O3.ClH/c1-18-13-15-7-4-9-19(15)17(20)14-6-3-8-16(12-14)22-11-5-10-21-2;/h3,6,8,12,15,18H,4-5,7,9-11,13H2,1-2H3;1H. The van der Waals surface area contributed by atoms with Crippen LogP contribution in [-0.2, 0) is 4.74 Å². The smallest absolute Gasteiger partial charge is 0.254 e. The Balaban J connectivity index is 0.00000264. The van der Waals surface area contributed by atoms with Crippen molar-refractivity contribution >= 4 is 18.3 Å². The Bertz CT molecular complexity index is 485. The van der Waals surface area contributed by atoms with Crippen molar-refractivity contribution in [3.63, 3.8) is 0 Å². The number of halogens is 1. The number of amides is 1. The maximum Gasteiger partial charge on any atom is 0.254 e. The van der Waals surface area contributed by atoms with Gasteiger partial charge in [0.2, 0.25) is 0 Å². The van der Waals surface area contributed by atoms with Crippen molar-refractivity contribution in [1.82, 2.24) is 10.2 Å². The summed E-state index contributed by atoms with van der Waals surface area (Å²) in [7, 11) is 3.60. The topological polar surface area (TPSA) is 50.8 Å². The molecule has 0 radical (unpaired) electrons. The van der Waals surface area contributed by atoms with E-state index in [1.165, 1.54) is 0 Å². The first-order chi connectivity index (χ1) is 10.8. The Morgan fingerprint density at radius 2 is 2.22 bits per heavy atom. The average Bonchev–Trinajstić information content (AvgIpc) is 3.00. The number of ether oxygens (including phenoxy) is 2. The van der Waals surface area contributed by atoms with Gasteiger partial charge in [-0.3, -0.25) is 4.79 Å². The van der Waals surface area contributed by atoms with Gasteiger partial charge in [-0.25, -0.2) is 0 Å². The average molecular weight is 343 g/mol. The largest absolute Gasteiger partial charge is 0.493 e. The molecular formula is C17H27ClN2O3. The van der Waals surface area contributed by atoms with Crippen LogP contribution < -0.4 is 10.1 Å². The first-order valence-electron chi connectivity index (χ1n) is 7.93. The highest BCUT2D eigenvalue weighted by atomic mass is 35.5. The van der Waals surface area contributed by atoms with E-state index in [0.717, 1.165) is 38.1 Å². The predicted octanol–water partition coefficient (Wildman–Crippen LogP) is 2.35. The number of rotatable bonds is 8. The Morgan fingerprint density at radius 1 is 1.39 bits per heavy atom. The van der Waals surface area contributed by atoms with Crippen LogP contribution in [0.1, 0.15) is 29.6 Å². The molecule has 1 saturated heterocycles. The van der Waals surface area contributed by atoms with E-state index in [0.29, 0.717) is 24.8 Å². The highest BCUT2D eigenvalue weighted by Gasteiger charge is 2.28. The molecule has 0 spiro atoms. The summed E-state index contributed by atoms with van der Waals surface area (Å²) in [5, 5.41) is 3.17. The summed E-state index contributed by atoms with van der Waals surface area (Å²) in [6, 6.07) is 7.76. The molecule has 1 aliphatic heterocycles. The molecule has 6 heteroatoms. The van der Waals surface area contributed by atoms with Crippen LogP contribution in [0.5, 0.6) is 5.75 Å². The summed E-state index contributed by atoms with van der Waals surface area (Å²) in [5.74, 6) is 0.839. The summed E-state index contributed by atoms with van der Waals surface area (Å²) in [6.07, 6.45) is 2.98. The number of methoxy groups -OCH3 is 1. The Labute approximate surface area is 144 Å². The van der Waals surface area contributed by atoms with Gasteiger partial charge in [-0.2, -0.15) is 0 Å². The highest BCUT2D eigenvalue weighted by Crippen LogP contribution is 2.21. The zero-order valence-corrected chi connectivity index (χ0v) is 14.7. The van der Waals surface area contributed by atoms with Crippen molar-refractivity contribution in [2.75, 3.05) is 40.5 Å². The number of hydrogen-bond donors (Lipinski definition) is 1.